The maximum absolute atomic E-state index is 11.6. The Kier molecular flexibility index (Phi) is 5.18. The van der Waals surface area contributed by atoms with Crippen molar-refractivity contribution in [3.05, 3.63) is 64.3 Å². The molecule has 1 heteroatoms. The SMILES string of the molecule is Cc1ccc(C=C2C=C(C(C)C)C(C=O)C(C(C)C)=C2)cc1. The van der Waals surface area contributed by atoms with E-state index in [1.54, 1.807) is 0 Å². The molecular formula is C21H26O. The zero-order valence-corrected chi connectivity index (χ0v) is 14.3. The summed E-state index contributed by atoms with van der Waals surface area (Å²) in [5.74, 6) is 0.688. The van der Waals surface area contributed by atoms with E-state index < -0.39 is 0 Å². The normalized spacial score (nSPS) is 18.3. The van der Waals surface area contributed by atoms with E-state index in [2.05, 4.69) is 77.1 Å². The van der Waals surface area contributed by atoms with Crippen molar-refractivity contribution in [3.63, 3.8) is 0 Å². The first-order chi connectivity index (χ1) is 10.4. The topological polar surface area (TPSA) is 17.1 Å². The predicted octanol–water partition coefficient (Wildman–Crippen LogP) is 5.37. The van der Waals surface area contributed by atoms with Crippen LogP contribution in [0.1, 0.15) is 38.8 Å². The van der Waals surface area contributed by atoms with E-state index in [-0.39, 0.29) is 5.92 Å². The van der Waals surface area contributed by atoms with Crippen LogP contribution in [0.4, 0.5) is 0 Å². The predicted molar refractivity (Wildman–Crippen MR) is 94.6 cm³/mol. The third-order valence-electron chi connectivity index (χ3n) is 4.26. The van der Waals surface area contributed by atoms with Gasteiger partial charge in [0.1, 0.15) is 6.29 Å². The molecule has 0 spiro atoms. The zero-order valence-electron chi connectivity index (χ0n) is 14.3. The van der Waals surface area contributed by atoms with Gasteiger partial charge in [0.05, 0.1) is 5.92 Å². The monoisotopic (exact) mass is 294 g/mol. The minimum absolute atomic E-state index is 0.0600. The molecule has 0 aliphatic heterocycles. The first-order valence-corrected chi connectivity index (χ1v) is 8.09. The molecular weight excluding hydrogens is 268 g/mol. The van der Waals surface area contributed by atoms with E-state index in [9.17, 15) is 4.79 Å². The summed E-state index contributed by atoms with van der Waals surface area (Å²) in [6.07, 6.45) is 7.68. The van der Waals surface area contributed by atoms with Crippen molar-refractivity contribution in [2.75, 3.05) is 0 Å². The summed E-state index contributed by atoms with van der Waals surface area (Å²) in [5.41, 5.74) is 6.10. The molecule has 0 bridgehead atoms. The van der Waals surface area contributed by atoms with Crippen LogP contribution in [0.2, 0.25) is 0 Å². The molecule has 0 atom stereocenters. The summed E-state index contributed by atoms with van der Waals surface area (Å²) < 4.78 is 0. The quantitative estimate of drug-likeness (QED) is 0.682. The molecule has 0 heterocycles. The van der Waals surface area contributed by atoms with Gasteiger partial charge >= 0.3 is 0 Å². The Morgan fingerprint density at radius 2 is 1.41 bits per heavy atom. The number of aryl methyl sites for hydroxylation is 1. The molecule has 0 unspecified atom stereocenters. The summed E-state index contributed by atoms with van der Waals surface area (Å²) >= 11 is 0. The van der Waals surface area contributed by atoms with Gasteiger partial charge < -0.3 is 4.79 Å². The highest BCUT2D eigenvalue weighted by Crippen LogP contribution is 2.36. The molecule has 1 aromatic carbocycles. The fourth-order valence-corrected chi connectivity index (χ4v) is 2.95. The molecule has 0 saturated heterocycles. The van der Waals surface area contributed by atoms with Crippen molar-refractivity contribution in [1.29, 1.82) is 0 Å². The van der Waals surface area contributed by atoms with Gasteiger partial charge in [-0.1, -0.05) is 80.8 Å². The first kappa shape index (κ1) is 16.5. The van der Waals surface area contributed by atoms with Crippen LogP contribution in [0.25, 0.3) is 6.08 Å². The molecule has 1 aliphatic carbocycles. The van der Waals surface area contributed by atoms with Crippen molar-refractivity contribution in [2.24, 2.45) is 17.8 Å². The Hall–Kier alpha value is -1.89. The van der Waals surface area contributed by atoms with Gasteiger partial charge in [0, 0.05) is 0 Å². The van der Waals surface area contributed by atoms with Crippen LogP contribution in [0.15, 0.2) is 53.1 Å². The number of aldehydes is 1. The Bertz CT molecular complexity index is 596. The highest BCUT2D eigenvalue weighted by Gasteiger charge is 2.26. The Morgan fingerprint density at radius 3 is 1.82 bits per heavy atom. The average molecular weight is 294 g/mol. The lowest BCUT2D eigenvalue weighted by atomic mass is 9.76. The van der Waals surface area contributed by atoms with Crippen LogP contribution < -0.4 is 0 Å². The van der Waals surface area contributed by atoms with E-state index in [0.29, 0.717) is 11.8 Å². The second-order valence-corrected chi connectivity index (χ2v) is 6.77. The van der Waals surface area contributed by atoms with Gasteiger partial charge in [0.2, 0.25) is 0 Å². The largest absolute Gasteiger partial charge is 0.302 e. The van der Waals surface area contributed by atoms with E-state index in [1.807, 2.05) is 0 Å². The standard InChI is InChI=1S/C21H26O/c1-14(2)19-11-18(10-17-8-6-16(5)7-9-17)12-20(15(3)4)21(19)13-22/h6-15,21H,1-5H3. The summed E-state index contributed by atoms with van der Waals surface area (Å²) in [6.45, 7) is 10.7. The molecule has 116 valence electrons. The van der Waals surface area contributed by atoms with Gasteiger partial charge in [0.25, 0.3) is 0 Å². The zero-order chi connectivity index (χ0) is 16.3. The van der Waals surface area contributed by atoms with Crippen molar-refractivity contribution in [3.8, 4) is 0 Å². The number of rotatable bonds is 4. The molecule has 0 N–H and O–H groups in total. The Morgan fingerprint density at radius 1 is 0.909 bits per heavy atom. The molecule has 0 aromatic heterocycles. The molecule has 22 heavy (non-hydrogen) atoms. The van der Waals surface area contributed by atoms with Crippen LogP contribution in [0, 0.1) is 24.7 Å². The van der Waals surface area contributed by atoms with Gasteiger partial charge in [-0.25, -0.2) is 0 Å². The third kappa shape index (κ3) is 3.65. The Balaban J connectivity index is 2.47. The van der Waals surface area contributed by atoms with Gasteiger partial charge in [-0.05, 0) is 36.0 Å². The van der Waals surface area contributed by atoms with Crippen molar-refractivity contribution in [1.82, 2.24) is 0 Å². The van der Waals surface area contributed by atoms with Crippen LogP contribution in [-0.4, -0.2) is 6.29 Å². The van der Waals surface area contributed by atoms with Crippen molar-refractivity contribution in [2.45, 2.75) is 34.6 Å². The number of carbonyl (C=O) groups excluding carboxylic acids is 1. The fourth-order valence-electron chi connectivity index (χ4n) is 2.95. The summed E-state index contributed by atoms with van der Waals surface area (Å²) in [6, 6.07) is 8.53. The minimum Gasteiger partial charge on any atom is -0.302 e. The maximum Gasteiger partial charge on any atom is 0.131 e. The van der Waals surface area contributed by atoms with Crippen LogP contribution in [0.3, 0.4) is 0 Å². The lowest BCUT2D eigenvalue weighted by molar-refractivity contribution is -0.109. The molecule has 1 aromatic rings. The molecule has 0 amide bonds. The second kappa shape index (κ2) is 6.91. The summed E-state index contributed by atoms with van der Waals surface area (Å²) in [7, 11) is 0. The smallest absolute Gasteiger partial charge is 0.131 e. The second-order valence-electron chi connectivity index (χ2n) is 6.77. The number of carbonyl (C=O) groups is 1. The van der Waals surface area contributed by atoms with Gasteiger partial charge in [-0.3, -0.25) is 0 Å². The van der Waals surface area contributed by atoms with E-state index in [0.717, 1.165) is 6.29 Å². The summed E-state index contributed by atoms with van der Waals surface area (Å²) in [5, 5.41) is 0. The van der Waals surface area contributed by atoms with Crippen LogP contribution in [-0.2, 0) is 4.79 Å². The van der Waals surface area contributed by atoms with E-state index in [4.69, 9.17) is 0 Å². The van der Waals surface area contributed by atoms with Crippen LogP contribution in [0.5, 0.6) is 0 Å². The highest BCUT2D eigenvalue weighted by molar-refractivity contribution is 5.71. The van der Waals surface area contributed by atoms with Gasteiger partial charge in [0.15, 0.2) is 0 Å². The number of benzene rings is 1. The number of allylic oxidation sites excluding steroid dienone is 5. The minimum atomic E-state index is -0.0600. The van der Waals surface area contributed by atoms with Crippen molar-refractivity contribution < 1.29 is 4.79 Å². The fraction of sp³-hybridized carbons (Fsp3) is 0.381. The van der Waals surface area contributed by atoms with Gasteiger partial charge in [-0.2, -0.15) is 0 Å². The van der Waals surface area contributed by atoms with E-state index >= 15 is 0 Å². The average Bonchev–Trinajstić information content (AvgIpc) is 2.48. The highest BCUT2D eigenvalue weighted by atomic mass is 16.1. The molecule has 1 aliphatic rings. The molecule has 0 fully saturated rings. The molecule has 0 saturated carbocycles. The first-order valence-electron chi connectivity index (χ1n) is 8.09. The van der Waals surface area contributed by atoms with Crippen molar-refractivity contribution >= 4 is 12.4 Å². The Labute approximate surface area is 134 Å². The lowest BCUT2D eigenvalue weighted by Crippen LogP contribution is -2.20. The number of hydrogen-bond donors (Lipinski definition) is 0. The molecule has 1 nitrogen and oxygen atoms in total. The van der Waals surface area contributed by atoms with E-state index in [1.165, 1.54) is 27.8 Å². The molecule has 2 rings (SSSR count). The summed E-state index contributed by atoms with van der Waals surface area (Å²) in [4.78, 5) is 11.6. The third-order valence-corrected chi connectivity index (χ3v) is 4.26. The maximum atomic E-state index is 11.6. The molecule has 0 radical (unpaired) electrons. The van der Waals surface area contributed by atoms with Gasteiger partial charge in [-0.15, -0.1) is 0 Å². The van der Waals surface area contributed by atoms with Crippen LogP contribution >= 0.6 is 0 Å². The number of hydrogen-bond acceptors (Lipinski definition) is 1. The lowest BCUT2D eigenvalue weighted by Gasteiger charge is -2.28.